The van der Waals surface area contributed by atoms with Gasteiger partial charge in [0.15, 0.2) is 0 Å². The Kier molecular flexibility index (Phi) is 4.37. The van der Waals surface area contributed by atoms with Crippen LogP contribution in [0.4, 0.5) is 0 Å². The number of carboxylic acid groups (broad SMARTS) is 1. The van der Waals surface area contributed by atoms with Crippen molar-refractivity contribution < 1.29 is 19.7 Å². The van der Waals surface area contributed by atoms with Crippen molar-refractivity contribution in [2.24, 2.45) is 0 Å². The predicted molar refractivity (Wildman–Crippen MR) is 72.5 cm³/mol. The van der Waals surface area contributed by atoms with Crippen LogP contribution >= 0.6 is 0 Å². The summed E-state index contributed by atoms with van der Waals surface area (Å²) in [6.07, 6.45) is -0.221. The van der Waals surface area contributed by atoms with E-state index >= 15 is 0 Å². The van der Waals surface area contributed by atoms with Crippen LogP contribution in [0.5, 0.6) is 0 Å². The Morgan fingerprint density at radius 1 is 1.55 bits per heavy atom. The van der Waals surface area contributed by atoms with E-state index in [-0.39, 0.29) is 24.0 Å². The molecule has 2 rings (SSSR count). The van der Waals surface area contributed by atoms with Gasteiger partial charge < -0.3 is 14.9 Å². The fraction of sp³-hybridized carbons (Fsp3) is 0.571. The number of nitrogens with zero attached hydrogens (tertiary/aromatic N) is 2. The van der Waals surface area contributed by atoms with Gasteiger partial charge in [-0.3, -0.25) is 4.90 Å². The number of carbonyl (C=O) groups is 1. The van der Waals surface area contributed by atoms with Gasteiger partial charge in [0.05, 0.1) is 24.0 Å². The van der Waals surface area contributed by atoms with Crippen LogP contribution in [-0.2, 0) is 11.3 Å². The monoisotopic (exact) mass is 280 g/mol. The number of carboxylic acids is 1. The second-order valence-electron chi connectivity index (χ2n) is 5.67. The van der Waals surface area contributed by atoms with Crippen LogP contribution in [0, 0.1) is 0 Å². The number of rotatable bonds is 4. The van der Waals surface area contributed by atoms with Gasteiger partial charge in [-0.2, -0.15) is 0 Å². The molecule has 1 aliphatic heterocycles. The largest absolute Gasteiger partial charge is 0.477 e. The summed E-state index contributed by atoms with van der Waals surface area (Å²) < 4.78 is 5.75. The van der Waals surface area contributed by atoms with Crippen molar-refractivity contribution in [3.8, 4) is 0 Å². The Labute approximate surface area is 118 Å². The minimum Gasteiger partial charge on any atom is -0.477 e. The Hall–Kier alpha value is -1.50. The third-order valence-corrected chi connectivity index (χ3v) is 3.17. The number of aromatic carboxylic acids is 1. The first-order valence-corrected chi connectivity index (χ1v) is 6.60. The molecule has 6 heteroatoms. The minimum absolute atomic E-state index is 0.0253. The van der Waals surface area contributed by atoms with Crippen molar-refractivity contribution in [2.45, 2.75) is 32.1 Å². The van der Waals surface area contributed by atoms with E-state index in [1.807, 2.05) is 19.9 Å². The normalized spacial score (nSPS) is 22.6. The molecule has 0 radical (unpaired) electrons. The average molecular weight is 280 g/mol. The molecule has 110 valence electrons. The van der Waals surface area contributed by atoms with Crippen LogP contribution in [0.2, 0.25) is 0 Å². The number of hydrogen-bond acceptors (Lipinski definition) is 5. The fourth-order valence-corrected chi connectivity index (χ4v) is 2.55. The Bertz CT molecular complexity index is 490. The lowest BCUT2D eigenvalue weighted by Crippen LogP contribution is -2.53. The van der Waals surface area contributed by atoms with E-state index in [1.165, 1.54) is 6.07 Å². The maximum atomic E-state index is 10.9. The lowest BCUT2D eigenvalue weighted by atomic mass is 10.1. The highest BCUT2D eigenvalue weighted by Crippen LogP contribution is 2.22. The van der Waals surface area contributed by atoms with Crippen molar-refractivity contribution in [3.05, 3.63) is 29.6 Å². The van der Waals surface area contributed by atoms with Gasteiger partial charge in [-0.05, 0) is 26.0 Å². The minimum atomic E-state index is -1.03. The summed E-state index contributed by atoms with van der Waals surface area (Å²) in [5, 5.41) is 18.2. The highest BCUT2D eigenvalue weighted by molar-refractivity contribution is 5.85. The van der Waals surface area contributed by atoms with Crippen LogP contribution in [-0.4, -0.2) is 57.5 Å². The van der Waals surface area contributed by atoms with Gasteiger partial charge in [-0.1, -0.05) is 6.07 Å². The molecule has 1 unspecified atom stereocenters. The van der Waals surface area contributed by atoms with Crippen molar-refractivity contribution in [3.63, 3.8) is 0 Å². The van der Waals surface area contributed by atoms with Gasteiger partial charge in [0.2, 0.25) is 0 Å². The molecule has 1 aromatic heterocycles. The third kappa shape index (κ3) is 3.75. The molecule has 0 aliphatic carbocycles. The second kappa shape index (κ2) is 5.87. The van der Waals surface area contributed by atoms with Crippen LogP contribution in [0.3, 0.4) is 0 Å². The molecular formula is C14H20N2O4. The van der Waals surface area contributed by atoms with Gasteiger partial charge in [-0.15, -0.1) is 0 Å². The topological polar surface area (TPSA) is 82.9 Å². The third-order valence-electron chi connectivity index (χ3n) is 3.17. The molecular weight excluding hydrogens is 260 g/mol. The number of pyridine rings is 1. The van der Waals surface area contributed by atoms with Crippen LogP contribution in [0.15, 0.2) is 18.2 Å². The lowest BCUT2D eigenvalue weighted by Gasteiger charge is -2.42. The molecule has 1 aliphatic rings. The maximum Gasteiger partial charge on any atom is 0.354 e. The Morgan fingerprint density at radius 3 is 2.95 bits per heavy atom. The van der Waals surface area contributed by atoms with E-state index in [2.05, 4.69) is 9.88 Å². The first kappa shape index (κ1) is 14.9. The molecule has 0 bridgehead atoms. The van der Waals surface area contributed by atoms with E-state index in [1.54, 1.807) is 6.07 Å². The van der Waals surface area contributed by atoms with Crippen molar-refractivity contribution in [2.75, 3.05) is 19.7 Å². The Balaban J connectivity index is 2.09. The molecule has 1 atom stereocenters. The standard InChI is InChI=1S/C14H20N2O4/c1-14(2)9-16(7-11(8-17)20-14)6-10-4-3-5-12(15-10)13(18)19/h3-5,11,17H,6-9H2,1-2H3,(H,18,19). The summed E-state index contributed by atoms with van der Waals surface area (Å²) in [5.41, 5.74) is 0.420. The number of aliphatic hydroxyl groups excluding tert-OH is 1. The summed E-state index contributed by atoms with van der Waals surface area (Å²) in [6.45, 7) is 5.79. The predicted octanol–water partition coefficient (Wildman–Crippen LogP) is 0.752. The zero-order valence-corrected chi connectivity index (χ0v) is 11.7. The first-order valence-electron chi connectivity index (χ1n) is 6.60. The zero-order valence-electron chi connectivity index (χ0n) is 11.7. The molecule has 1 aromatic rings. The quantitative estimate of drug-likeness (QED) is 0.847. The van der Waals surface area contributed by atoms with Crippen molar-refractivity contribution in [1.82, 2.24) is 9.88 Å². The first-order chi connectivity index (χ1) is 9.39. The molecule has 6 nitrogen and oxygen atoms in total. The summed E-state index contributed by atoms with van der Waals surface area (Å²) in [7, 11) is 0. The van der Waals surface area contributed by atoms with Crippen molar-refractivity contribution in [1.29, 1.82) is 0 Å². The number of morpholine rings is 1. The highest BCUT2D eigenvalue weighted by atomic mass is 16.5. The SMILES string of the molecule is CC1(C)CN(Cc2cccc(C(=O)O)n2)CC(CO)O1. The molecule has 0 saturated carbocycles. The van der Waals surface area contributed by atoms with E-state index in [0.29, 0.717) is 25.3 Å². The van der Waals surface area contributed by atoms with E-state index < -0.39 is 5.97 Å². The number of aliphatic hydroxyl groups is 1. The highest BCUT2D eigenvalue weighted by Gasteiger charge is 2.33. The number of ether oxygens (including phenoxy) is 1. The van der Waals surface area contributed by atoms with Gasteiger partial charge >= 0.3 is 5.97 Å². The molecule has 0 spiro atoms. The van der Waals surface area contributed by atoms with Crippen LogP contribution in [0.25, 0.3) is 0 Å². The van der Waals surface area contributed by atoms with E-state index in [4.69, 9.17) is 9.84 Å². The van der Waals surface area contributed by atoms with Gasteiger partial charge in [0.25, 0.3) is 0 Å². The molecule has 1 saturated heterocycles. The summed E-state index contributed by atoms with van der Waals surface area (Å²) >= 11 is 0. The molecule has 0 aromatic carbocycles. The van der Waals surface area contributed by atoms with E-state index in [0.717, 1.165) is 0 Å². The van der Waals surface area contributed by atoms with Gasteiger partial charge in [0, 0.05) is 19.6 Å². The van der Waals surface area contributed by atoms with Crippen LogP contribution < -0.4 is 0 Å². The molecule has 2 N–H and O–H groups in total. The van der Waals surface area contributed by atoms with Crippen LogP contribution in [0.1, 0.15) is 30.0 Å². The molecule has 1 fully saturated rings. The van der Waals surface area contributed by atoms with E-state index in [9.17, 15) is 9.90 Å². The smallest absolute Gasteiger partial charge is 0.354 e. The molecule has 2 heterocycles. The number of hydrogen-bond donors (Lipinski definition) is 2. The average Bonchev–Trinajstić information content (AvgIpc) is 2.37. The second-order valence-corrected chi connectivity index (χ2v) is 5.67. The van der Waals surface area contributed by atoms with Gasteiger partial charge in [-0.25, -0.2) is 9.78 Å². The summed E-state index contributed by atoms with van der Waals surface area (Å²) in [6, 6.07) is 4.98. The summed E-state index contributed by atoms with van der Waals surface area (Å²) in [5.74, 6) is -1.03. The Morgan fingerprint density at radius 2 is 2.30 bits per heavy atom. The van der Waals surface area contributed by atoms with Crippen molar-refractivity contribution >= 4 is 5.97 Å². The molecule has 0 amide bonds. The summed E-state index contributed by atoms with van der Waals surface area (Å²) in [4.78, 5) is 17.2. The number of aromatic nitrogens is 1. The van der Waals surface area contributed by atoms with Gasteiger partial charge in [0.1, 0.15) is 5.69 Å². The fourth-order valence-electron chi connectivity index (χ4n) is 2.55. The molecule has 20 heavy (non-hydrogen) atoms. The zero-order chi connectivity index (χ0) is 14.8. The maximum absolute atomic E-state index is 10.9. The lowest BCUT2D eigenvalue weighted by molar-refractivity contribution is -0.150.